The summed E-state index contributed by atoms with van der Waals surface area (Å²) in [5.41, 5.74) is -0.441. The van der Waals surface area contributed by atoms with Crippen molar-refractivity contribution in [1.82, 2.24) is 0 Å². The van der Waals surface area contributed by atoms with Crippen molar-refractivity contribution in [3.63, 3.8) is 0 Å². The van der Waals surface area contributed by atoms with Gasteiger partial charge < -0.3 is 15.0 Å². The van der Waals surface area contributed by atoms with Crippen LogP contribution in [0.15, 0.2) is 24.4 Å². The van der Waals surface area contributed by atoms with Crippen molar-refractivity contribution in [2.45, 2.75) is 12.5 Å². The summed E-state index contributed by atoms with van der Waals surface area (Å²) in [7, 11) is 1.60. The minimum absolute atomic E-state index is 0.113. The third kappa shape index (κ3) is 1.68. The zero-order valence-corrected chi connectivity index (χ0v) is 6.83. The van der Waals surface area contributed by atoms with E-state index in [2.05, 4.69) is 0 Å². The molecule has 0 saturated carbocycles. The standard InChI is InChI=1S/C8H13NO2/c1-8(7-11-2)5-3-4-6-9(8)10/h3-6,9H,7H2,1-2H3. The Morgan fingerprint density at radius 2 is 2.27 bits per heavy atom. The van der Waals surface area contributed by atoms with Crippen molar-refractivity contribution < 1.29 is 9.80 Å². The molecule has 0 bridgehead atoms. The second kappa shape index (κ2) is 3.17. The largest absolute Gasteiger partial charge is 0.629 e. The van der Waals surface area contributed by atoms with E-state index >= 15 is 0 Å². The number of ether oxygens (including phenoxy) is 1. The van der Waals surface area contributed by atoms with Gasteiger partial charge in [-0.1, -0.05) is 6.08 Å². The lowest BCUT2D eigenvalue weighted by atomic mass is 10.0. The Hall–Kier alpha value is -0.640. The van der Waals surface area contributed by atoms with Gasteiger partial charge in [0.2, 0.25) is 0 Å². The Morgan fingerprint density at radius 1 is 1.55 bits per heavy atom. The molecule has 0 amide bonds. The van der Waals surface area contributed by atoms with Crippen LogP contribution in [0, 0.1) is 5.21 Å². The van der Waals surface area contributed by atoms with Crippen molar-refractivity contribution in [3.05, 3.63) is 29.6 Å². The van der Waals surface area contributed by atoms with E-state index in [1.54, 1.807) is 19.4 Å². The lowest BCUT2D eigenvalue weighted by Gasteiger charge is -2.36. The van der Waals surface area contributed by atoms with Crippen LogP contribution in [0.25, 0.3) is 0 Å². The molecule has 0 saturated heterocycles. The summed E-state index contributed by atoms with van der Waals surface area (Å²) >= 11 is 0. The SMILES string of the molecule is COCC1(C)C=CC=C[NH+]1[O-]. The van der Waals surface area contributed by atoms with E-state index in [-0.39, 0.29) is 5.06 Å². The lowest BCUT2D eigenvalue weighted by molar-refractivity contribution is -0.844. The van der Waals surface area contributed by atoms with Gasteiger partial charge in [-0.2, -0.15) is 0 Å². The molecule has 3 nitrogen and oxygen atoms in total. The van der Waals surface area contributed by atoms with E-state index in [9.17, 15) is 5.21 Å². The first-order valence-corrected chi connectivity index (χ1v) is 3.58. The molecule has 0 fully saturated rings. The highest BCUT2D eigenvalue weighted by Gasteiger charge is 2.28. The fourth-order valence-electron chi connectivity index (χ4n) is 1.10. The fraction of sp³-hybridized carbons (Fsp3) is 0.500. The summed E-state index contributed by atoms with van der Waals surface area (Å²) in [6.45, 7) is 2.32. The number of nitrogens with one attached hydrogen (secondary N) is 1. The second-order valence-electron chi connectivity index (χ2n) is 2.93. The maximum atomic E-state index is 11.3. The first-order valence-electron chi connectivity index (χ1n) is 3.58. The minimum atomic E-state index is -0.441. The van der Waals surface area contributed by atoms with Crippen molar-refractivity contribution in [2.24, 2.45) is 0 Å². The third-order valence-electron chi connectivity index (χ3n) is 1.83. The maximum Gasteiger partial charge on any atom is 0.141 e. The highest BCUT2D eigenvalue weighted by molar-refractivity contribution is 5.11. The number of allylic oxidation sites excluding steroid dienone is 2. The van der Waals surface area contributed by atoms with Crippen LogP contribution in [-0.4, -0.2) is 19.3 Å². The third-order valence-corrected chi connectivity index (χ3v) is 1.83. The predicted molar refractivity (Wildman–Crippen MR) is 42.9 cm³/mol. The van der Waals surface area contributed by atoms with Crippen LogP contribution in [0.2, 0.25) is 0 Å². The van der Waals surface area contributed by atoms with Crippen molar-refractivity contribution in [3.8, 4) is 0 Å². The molecule has 0 aromatic carbocycles. The summed E-state index contributed by atoms with van der Waals surface area (Å²) in [6.07, 6.45) is 7.08. The van der Waals surface area contributed by atoms with Crippen LogP contribution in [0.4, 0.5) is 0 Å². The molecular formula is C8H13NO2. The first kappa shape index (κ1) is 8.46. The number of hydroxylamine groups is 2. The zero-order valence-electron chi connectivity index (χ0n) is 6.83. The molecule has 1 aliphatic heterocycles. The summed E-state index contributed by atoms with van der Waals surface area (Å²) in [4.78, 5) is 0. The van der Waals surface area contributed by atoms with Crippen molar-refractivity contribution in [2.75, 3.05) is 13.7 Å². The minimum Gasteiger partial charge on any atom is -0.629 e. The quantitative estimate of drug-likeness (QED) is 0.563. The molecule has 1 N–H and O–H groups in total. The van der Waals surface area contributed by atoms with Crippen LogP contribution in [0.5, 0.6) is 0 Å². The Kier molecular flexibility index (Phi) is 2.44. The van der Waals surface area contributed by atoms with Gasteiger partial charge in [-0.15, -0.1) is 0 Å². The van der Waals surface area contributed by atoms with Crippen molar-refractivity contribution >= 4 is 0 Å². The van der Waals surface area contributed by atoms with Gasteiger partial charge in [0.1, 0.15) is 12.1 Å². The zero-order chi connectivity index (χ0) is 8.32. The van der Waals surface area contributed by atoms with E-state index in [1.807, 2.05) is 19.1 Å². The van der Waals surface area contributed by atoms with Gasteiger partial charge in [0.15, 0.2) is 0 Å². The van der Waals surface area contributed by atoms with E-state index in [1.165, 1.54) is 0 Å². The summed E-state index contributed by atoms with van der Waals surface area (Å²) < 4.78 is 4.95. The summed E-state index contributed by atoms with van der Waals surface area (Å²) in [5.74, 6) is 0. The van der Waals surface area contributed by atoms with Gasteiger partial charge in [0.05, 0.1) is 6.20 Å². The molecule has 0 radical (unpaired) electrons. The van der Waals surface area contributed by atoms with Gasteiger partial charge in [-0.05, 0) is 19.1 Å². The molecule has 3 heteroatoms. The van der Waals surface area contributed by atoms with Crippen LogP contribution in [-0.2, 0) is 4.74 Å². The molecule has 0 aromatic rings. The van der Waals surface area contributed by atoms with Crippen LogP contribution in [0.1, 0.15) is 6.92 Å². The molecule has 0 aliphatic carbocycles. The molecule has 0 aromatic heterocycles. The Morgan fingerprint density at radius 3 is 2.82 bits per heavy atom. The molecule has 0 spiro atoms. The number of methoxy groups -OCH3 is 1. The number of hydrogen-bond acceptors (Lipinski definition) is 2. The van der Waals surface area contributed by atoms with E-state index < -0.39 is 5.54 Å². The monoisotopic (exact) mass is 155 g/mol. The highest BCUT2D eigenvalue weighted by Crippen LogP contribution is 2.04. The summed E-state index contributed by atoms with van der Waals surface area (Å²) in [5, 5.41) is 11.4. The fourth-order valence-corrected chi connectivity index (χ4v) is 1.10. The molecule has 2 atom stereocenters. The van der Waals surface area contributed by atoms with Gasteiger partial charge in [-0.25, -0.2) is 0 Å². The normalized spacial score (nSPS) is 36.1. The molecule has 2 unspecified atom stereocenters. The smallest absolute Gasteiger partial charge is 0.141 e. The number of hydrogen-bond donors (Lipinski definition) is 1. The average molecular weight is 155 g/mol. The van der Waals surface area contributed by atoms with Gasteiger partial charge in [-0.3, -0.25) is 0 Å². The Labute approximate surface area is 66.5 Å². The Bertz CT molecular complexity index is 189. The highest BCUT2D eigenvalue weighted by atomic mass is 16.5. The molecule has 1 rings (SSSR count). The summed E-state index contributed by atoms with van der Waals surface area (Å²) in [6, 6.07) is 0. The number of quaternary nitrogens is 1. The lowest BCUT2D eigenvalue weighted by Crippen LogP contribution is -3.12. The molecule has 11 heavy (non-hydrogen) atoms. The van der Waals surface area contributed by atoms with Gasteiger partial charge in [0, 0.05) is 7.11 Å². The Balaban J connectivity index is 2.68. The number of rotatable bonds is 2. The van der Waals surface area contributed by atoms with E-state index in [0.29, 0.717) is 6.61 Å². The van der Waals surface area contributed by atoms with E-state index in [4.69, 9.17) is 4.74 Å². The van der Waals surface area contributed by atoms with Gasteiger partial charge in [0.25, 0.3) is 0 Å². The van der Waals surface area contributed by atoms with Crippen molar-refractivity contribution in [1.29, 1.82) is 0 Å². The van der Waals surface area contributed by atoms with Crippen LogP contribution < -0.4 is 5.06 Å². The van der Waals surface area contributed by atoms with Gasteiger partial charge >= 0.3 is 0 Å². The van der Waals surface area contributed by atoms with E-state index in [0.717, 1.165) is 0 Å². The van der Waals surface area contributed by atoms with Crippen LogP contribution >= 0.6 is 0 Å². The molecular weight excluding hydrogens is 142 g/mol. The molecule has 62 valence electrons. The predicted octanol–water partition coefficient (Wildman–Crippen LogP) is -0.142. The molecule has 1 heterocycles. The topological polar surface area (TPSA) is 36.7 Å². The van der Waals surface area contributed by atoms with Crippen LogP contribution in [0.3, 0.4) is 0 Å². The molecule has 1 aliphatic rings. The second-order valence-corrected chi connectivity index (χ2v) is 2.93. The maximum absolute atomic E-state index is 11.3. The first-order chi connectivity index (χ1) is 5.19. The average Bonchev–Trinajstić information content (AvgIpc) is 1.96.